The average molecular weight is 291 g/mol. The van der Waals surface area contributed by atoms with Crippen LogP contribution in [0.2, 0.25) is 0 Å². The molecule has 86 valence electrons. The van der Waals surface area contributed by atoms with E-state index in [0.29, 0.717) is 6.42 Å². The number of aromatic nitrogens is 2. The first-order valence-electron chi connectivity index (χ1n) is 5.61. The Morgan fingerprint density at radius 1 is 1.29 bits per heavy atom. The molecule has 0 aromatic carbocycles. The van der Waals surface area contributed by atoms with Crippen molar-refractivity contribution in [2.24, 2.45) is 0 Å². The first-order valence-corrected chi connectivity index (χ1v) is 6.41. The third-order valence-electron chi connectivity index (χ3n) is 3.08. The van der Waals surface area contributed by atoms with E-state index in [9.17, 15) is 4.79 Å². The predicted octanol–water partition coefficient (Wildman–Crippen LogP) is 3.15. The van der Waals surface area contributed by atoms with Crippen molar-refractivity contribution in [3.63, 3.8) is 0 Å². The van der Waals surface area contributed by atoms with E-state index in [0.717, 1.165) is 34.4 Å². The number of hydrogen-bond donors (Lipinski definition) is 0. The maximum absolute atomic E-state index is 11.8. The van der Waals surface area contributed by atoms with E-state index in [4.69, 9.17) is 0 Å². The number of fused-ring (bicyclic) bond motifs is 1. The lowest BCUT2D eigenvalue weighted by Crippen LogP contribution is -2.12. The first kappa shape index (κ1) is 10.7. The SMILES string of the molecule is O=C1CCCc2c1ccn2-c1ncccc1Br. The number of hydrogen-bond acceptors (Lipinski definition) is 2. The molecule has 2 heterocycles. The number of pyridine rings is 1. The number of nitrogens with zero attached hydrogens (tertiary/aromatic N) is 2. The van der Waals surface area contributed by atoms with Gasteiger partial charge in [-0.1, -0.05) is 0 Å². The molecule has 0 N–H and O–H groups in total. The van der Waals surface area contributed by atoms with Crippen LogP contribution >= 0.6 is 15.9 Å². The Hall–Kier alpha value is -1.42. The van der Waals surface area contributed by atoms with Crippen molar-refractivity contribution >= 4 is 21.7 Å². The summed E-state index contributed by atoms with van der Waals surface area (Å²) in [6.07, 6.45) is 6.23. The highest BCUT2D eigenvalue weighted by atomic mass is 79.9. The molecule has 0 saturated carbocycles. The van der Waals surface area contributed by atoms with Gasteiger partial charge in [-0.3, -0.25) is 4.79 Å². The topological polar surface area (TPSA) is 34.9 Å². The molecule has 3 nitrogen and oxygen atoms in total. The minimum atomic E-state index is 0.247. The number of Topliss-reactive ketones (excluding diaryl/α,β-unsaturated/α-hetero) is 1. The normalized spacial score (nSPS) is 14.8. The summed E-state index contributed by atoms with van der Waals surface area (Å²) in [6, 6.07) is 5.74. The van der Waals surface area contributed by atoms with E-state index in [1.165, 1.54) is 0 Å². The molecular formula is C13H11BrN2O. The summed E-state index contributed by atoms with van der Waals surface area (Å²) in [4.78, 5) is 16.1. The van der Waals surface area contributed by atoms with Crippen LogP contribution in [0.5, 0.6) is 0 Å². The van der Waals surface area contributed by atoms with Gasteiger partial charge in [0.1, 0.15) is 0 Å². The smallest absolute Gasteiger partial charge is 0.164 e. The van der Waals surface area contributed by atoms with Gasteiger partial charge in [-0.05, 0) is 47.0 Å². The lowest BCUT2D eigenvalue weighted by molar-refractivity contribution is 0.0972. The summed E-state index contributed by atoms with van der Waals surface area (Å²) in [5.74, 6) is 1.10. The lowest BCUT2D eigenvalue weighted by atomic mass is 9.97. The summed E-state index contributed by atoms with van der Waals surface area (Å²) in [7, 11) is 0. The Bertz CT molecular complexity index is 589. The van der Waals surface area contributed by atoms with E-state index in [1.807, 2.05) is 29.0 Å². The van der Waals surface area contributed by atoms with Gasteiger partial charge in [-0.25, -0.2) is 4.98 Å². The van der Waals surface area contributed by atoms with Crippen LogP contribution in [0.1, 0.15) is 28.9 Å². The van der Waals surface area contributed by atoms with Crippen LogP contribution < -0.4 is 0 Å². The molecule has 0 amide bonds. The highest BCUT2D eigenvalue weighted by Crippen LogP contribution is 2.27. The fourth-order valence-electron chi connectivity index (χ4n) is 2.28. The van der Waals surface area contributed by atoms with Crippen LogP contribution in [0.4, 0.5) is 0 Å². The van der Waals surface area contributed by atoms with Gasteiger partial charge in [0.15, 0.2) is 11.6 Å². The van der Waals surface area contributed by atoms with Crippen LogP contribution in [-0.2, 0) is 6.42 Å². The second-order valence-electron chi connectivity index (χ2n) is 4.13. The third kappa shape index (κ3) is 1.72. The largest absolute Gasteiger partial charge is 0.304 e. The van der Waals surface area contributed by atoms with Gasteiger partial charge in [0.05, 0.1) is 4.47 Å². The Balaban J connectivity index is 2.17. The molecular weight excluding hydrogens is 280 g/mol. The number of carbonyl (C=O) groups excluding carboxylic acids is 1. The highest BCUT2D eigenvalue weighted by molar-refractivity contribution is 9.10. The van der Waals surface area contributed by atoms with Crippen molar-refractivity contribution < 1.29 is 4.79 Å². The third-order valence-corrected chi connectivity index (χ3v) is 3.70. The number of carbonyl (C=O) groups is 1. The zero-order chi connectivity index (χ0) is 11.8. The van der Waals surface area contributed by atoms with E-state index in [1.54, 1.807) is 6.20 Å². The molecule has 0 fully saturated rings. The first-order chi connectivity index (χ1) is 8.27. The lowest BCUT2D eigenvalue weighted by Gasteiger charge is -2.15. The molecule has 0 aliphatic heterocycles. The molecule has 1 aliphatic rings. The molecule has 3 rings (SSSR count). The zero-order valence-corrected chi connectivity index (χ0v) is 10.8. The fourth-order valence-corrected chi connectivity index (χ4v) is 2.72. The Labute approximate surface area is 108 Å². The van der Waals surface area contributed by atoms with Crippen LogP contribution in [0, 0.1) is 0 Å². The standard InChI is InChI=1S/C13H11BrN2O/c14-10-3-2-7-15-13(10)16-8-6-9-11(16)4-1-5-12(9)17/h2-3,6-8H,1,4-5H2. The molecule has 17 heavy (non-hydrogen) atoms. The zero-order valence-electron chi connectivity index (χ0n) is 9.19. The summed E-state index contributed by atoms with van der Waals surface area (Å²) >= 11 is 3.49. The van der Waals surface area contributed by atoms with Gasteiger partial charge in [0.2, 0.25) is 0 Å². The van der Waals surface area contributed by atoms with Crippen LogP contribution in [0.15, 0.2) is 35.1 Å². The average Bonchev–Trinajstić information content (AvgIpc) is 2.75. The summed E-state index contributed by atoms with van der Waals surface area (Å²) in [6.45, 7) is 0. The van der Waals surface area contributed by atoms with Crippen LogP contribution in [0.25, 0.3) is 5.82 Å². The van der Waals surface area contributed by atoms with Crippen molar-refractivity contribution in [2.75, 3.05) is 0 Å². The second kappa shape index (κ2) is 4.11. The van der Waals surface area contributed by atoms with E-state index in [-0.39, 0.29) is 5.78 Å². The maximum atomic E-state index is 11.8. The maximum Gasteiger partial charge on any atom is 0.164 e. The molecule has 2 aromatic heterocycles. The molecule has 0 radical (unpaired) electrons. The molecule has 0 saturated heterocycles. The van der Waals surface area contributed by atoms with Gasteiger partial charge in [-0.15, -0.1) is 0 Å². The Morgan fingerprint density at radius 3 is 3.00 bits per heavy atom. The second-order valence-corrected chi connectivity index (χ2v) is 4.99. The van der Waals surface area contributed by atoms with Crippen LogP contribution in [0.3, 0.4) is 0 Å². The molecule has 1 aliphatic carbocycles. The number of halogens is 1. The number of ketones is 1. The van der Waals surface area contributed by atoms with E-state index in [2.05, 4.69) is 20.9 Å². The van der Waals surface area contributed by atoms with Crippen molar-refractivity contribution in [3.8, 4) is 5.82 Å². The van der Waals surface area contributed by atoms with Gasteiger partial charge in [0.25, 0.3) is 0 Å². The van der Waals surface area contributed by atoms with Gasteiger partial charge in [-0.2, -0.15) is 0 Å². The molecule has 0 unspecified atom stereocenters. The molecule has 2 aromatic rings. The van der Waals surface area contributed by atoms with Crippen LogP contribution in [-0.4, -0.2) is 15.3 Å². The van der Waals surface area contributed by atoms with Gasteiger partial charge >= 0.3 is 0 Å². The summed E-state index contributed by atoms with van der Waals surface area (Å²) in [5.41, 5.74) is 1.94. The van der Waals surface area contributed by atoms with E-state index >= 15 is 0 Å². The summed E-state index contributed by atoms with van der Waals surface area (Å²) < 4.78 is 2.95. The fraction of sp³-hybridized carbons (Fsp3) is 0.231. The minimum Gasteiger partial charge on any atom is -0.304 e. The van der Waals surface area contributed by atoms with Gasteiger partial charge in [0, 0.05) is 30.1 Å². The Kier molecular flexibility index (Phi) is 2.59. The minimum absolute atomic E-state index is 0.247. The molecule has 4 heteroatoms. The summed E-state index contributed by atoms with van der Waals surface area (Å²) in [5, 5.41) is 0. The number of rotatable bonds is 1. The predicted molar refractivity (Wildman–Crippen MR) is 68.5 cm³/mol. The van der Waals surface area contributed by atoms with Crippen molar-refractivity contribution in [2.45, 2.75) is 19.3 Å². The molecule has 0 spiro atoms. The van der Waals surface area contributed by atoms with Crippen molar-refractivity contribution in [3.05, 3.63) is 46.3 Å². The molecule has 0 bridgehead atoms. The van der Waals surface area contributed by atoms with Crippen molar-refractivity contribution in [1.82, 2.24) is 9.55 Å². The quantitative estimate of drug-likeness (QED) is 0.809. The monoisotopic (exact) mass is 290 g/mol. The highest BCUT2D eigenvalue weighted by Gasteiger charge is 2.21. The Morgan fingerprint density at radius 2 is 2.18 bits per heavy atom. The van der Waals surface area contributed by atoms with E-state index < -0.39 is 0 Å². The van der Waals surface area contributed by atoms with Gasteiger partial charge < -0.3 is 4.57 Å². The molecule has 0 atom stereocenters. The van der Waals surface area contributed by atoms with Crippen molar-refractivity contribution in [1.29, 1.82) is 0 Å².